The summed E-state index contributed by atoms with van der Waals surface area (Å²) in [5.41, 5.74) is 0.926. The fraction of sp³-hybridized carbons (Fsp3) is 0.321. The maximum absolute atomic E-state index is 13.5. The summed E-state index contributed by atoms with van der Waals surface area (Å²) in [7, 11) is 4.97. The molecule has 0 unspecified atom stereocenters. The number of aryl methyl sites for hydroxylation is 1. The van der Waals surface area contributed by atoms with Gasteiger partial charge in [0.1, 0.15) is 18.2 Å². The summed E-state index contributed by atoms with van der Waals surface area (Å²) in [5.74, 6) is 1.13. The van der Waals surface area contributed by atoms with E-state index in [1.54, 1.807) is 52.0 Å². The normalized spacial score (nSPS) is 12.3. The number of rotatable bonds is 7. The smallest absolute Gasteiger partial charge is 0.363 e. The summed E-state index contributed by atoms with van der Waals surface area (Å²) in [6.07, 6.45) is -4.45. The lowest BCUT2D eigenvalue weighted by Gasteiger charge is -2.22. The number of halogens is 3. The SMILES string of the molecule is Cc1nc(N[C@H](C)c2cccc(C(F)(F)F)c2C)c2cc(N(C)c3ccc(=O)n(CC(=O)N(C)C)n3)ccc2n1. The van der Waals surface area contributed by atoms with Crippen molar-refractivity contribution in [3.63, 3.8) is 0 Å². The van der Waals surface area contributed by atoms with E-state index in [1.165, 1.54) is 24.0 Å². The lowest BCUT2D eigenvalue weighted by atomic mass is 9.97. The predicted octanol–water partition coefficient (Wildman–Crippen LogP) is 4.85. The molecule has 2 aromatic carbocycles. The number of carbonyl (C=O) groups is 1. The van der Waals surface area contributed by atoms with E-state index in [9.17, 15) is 22.8 Å². The summed E-state index contributed by atoms with van der Waals surface area (Å²) in [6.45, 7) is 4.79. The van der Waals surface area contributed by atoms with Crippen molar-refractivity contribution in [2.75, 3.05) is 31.4 Å². The van der Waals surface area contributed by atoms with Crippen LogP contribution in [-0.4, -0.2) is 51.7 Å². The minimum Gasteiger partial charge on any atom is -0.363 e. The van der Waals surface area contributed by atoms with Gasteiger partial charge in [0.15, 0.2) is 5.82 Å². The van der Waals surface area contributed by atoms with Gasteiger partial charge in [0.25, 0.3) is 5.56 Å². The largest absolute Gasteiger partial charge is 0.416 e. The molecular weight excluding hydrogens is 523 g/mol. The number of alkyl halides is 3. The summed E-state index contributed by atoms with van der Waals surface area (Å²) in [4.78, 5) is 36.6. The van der Waals surface area contributed by atoms with Crippen molar-refractivity contribution < 1.29 is 18.0 Å². The Morgan fingerprint density at radius 3 is 2.45 bits per heavy atom. The number of carbonyl (C=O) groups excluding carboxylic acids is 1. The molecule has 2 aromatic heterocycles. The van der Waals surface area contributed by atoms with Crippen LogP contribution >= 0.6 is 0 Å². The molecule has 1 atom stereocenters. The molecule has 0 spiro atoms. The molecule has 0 aliphatic heterocycles. The number of hydrogen-bond acceptors (Lipinski definition) is 7. The summed E-state index contributed by atoms with van der Waals surface area (Å²) < 4.78 is 41.6. The number of amides is 1. The van der Waals surface area contributed by atoms with E-state index in [0.717, 1.165) is 10.7 Å². The Balaban J connectivity index is 1.70. The molecular formula is C28H30F3N7O2. The molecule has 0 bridgehead atoms. The molecule has 0 saturated heterocycles. The third-order valence-electron chi connectivity index (χ3n) is 6.66. The Labute approximate surface area is 229 Å². The molecule has 4 rings (SSSR count). The van der Waals surface area contributed by atoms with Crippen LogP contribution in [0, 0.1) is 13.8 Å². The Hall–Kier alpha value is -4.48. The average Bonchev–Trinajstić information content (AvgIpc) is 2.88. The van der Waals surface area contributed by atoms with Gasteiger partial charge >= 0.3 is 6.18 Å². The molecule has 40 heavy (non-hydrogen) atoms. The van der Waals surface area contributed by atoms with E-state index in [0.29, 0.717) is 39.6 Å². The molecule has 0 aliphatic rings. The second-order valence-electron chi connectivity index (χ2n) is 9.74. The quantitative estimate of drug-likeness (QED) is 0.350. The van der Waals surface area contributed by atoms with Crippen LogP contribution in [0.2, 0.25) is 0 Å². The van der Waals surface area contributed by atoms with Crippen LogP contribution in [0.15, 0.2) is 53.3 Å². The van der Waals surface area contributed by atoms with Crippen LogP contribution in [0.5, 0.6) is 0 Å². The van der Waals surface area contributed by atoms with Gasteiger partial charge in [-0.2, -0.15) is 18.3 Å². The fourth-order valence-corrected chi connectivity index (χ4v) is 4.40. The standard InChI is InChI=1S/C28H30F3N7O2/c1-16-20(8-7-9-22(16)28(29,30)31)17(2)32-27-21-14-19(10-11-23(21)33-18(3)34-27)37(6)24-12-13-25(39)38(35-24)15-26(40)36(4)5/h7-14,17H,15H2,1-6H3,(H,32,33,34)/t17-/m1/s1. The first-order chi connectivity index (χ1) is 18.8. The molecule has 210 valence electrons. The van der Waals surface area contributed by atoms with Crippen LogP contribution in [0.25, 0.3) is 10.9 Å². The molecule has 0 saturated carbocycles. The predicted molar refractivity (Wildman–Crippen MR) is 148 cm³/mol. The third-order valence-corrected chi connectivity index (χ3v) is 6.66. The van der Waals surface area contributed by atoms with Gasteiger partial charge in [-0.1, -0.05) is 12.1 Å². The van der Waals surface area contributed by atoms with Crippen LogP contribution in [0.1, 0.15) is 35.5 Å². The van der Waals surface area contributed by atoms with Crippen molar-refractivity contribution >= 4 is 34.1 Å². The number of nitrogens with one attached hydrogen (secondary N) is 1. The number of hydrogen-bond donors (Lipinski definition) is 1. The van der Waals surface area contributed by atoms with E-state index in [1.807, 2.05) is 18.2 Å². The lowest BCUT2D eigenvalue weighted by Crippen LogP contribution is -2.33. The number of fused-ring (bicyclic) bond motifs is 1. The molecule has 12 heteroatoms. The molecule has 0 aliphatic carbocycles. The summed E-state index contributed by atoms with van der Waals surface area (Å²) in [6, 6.07) is 12.1. The highest BCUT2D eigenvalue weighted by Gasteiger charge is 2.33. The number of anilines is 3. The van der Waals surface area contributed by atoms with Gasteiger partial charge < -0.3 is 15.1 Å². The van der Waals surface area contributed by atoms with Crippen LogP contribution in [0.3, 0.4) is 0 Å². The van der Waals surface area contributed by atoms with Crippen LogP contribution in [0.4, 0.5) is 30.5 Å². The van der Waals surface area contributed by atoms with Gasteiger partial charge in [0.05, 0.1) is 17.1 Å². The van der Waals surface area contributed by atoms with E-state index in [4.69, 9.17) is 0 Å². The maximum Gasteiger partial charge on any atom is 0.416 e. The first-order valence-corrected chi connectivity index (χ1v) is 12.5. The first-order valence-electron chi connectivity index (χ1n) is 12.5. The molecule has 0 radical (unpaired) electrons. The lowest BCUT2D eigenvalue weighted by molar-refractivity contribution is -0.138. The van der Waals surface area contributed by atoms with Crippen molar-refractivity contribution in [3.05, 3.63) is 81.4 Å². The number of nitrogens with zero attached hydrogens (tertiary/aromatic N) is 6. The van der Waals surface area contributed by atoms with Gasteiger partial charge in [-0.15, -0.1) is 0 Å². The van der Waals surface area contributed by atoms with E-state index < -0.39 is 23.3 Å². The first kappa shape index (κ1) is 28.5. The maximum atomic E-state index is 13.5. The Morgan fingerprint density at radius 1 is 1.05 bits per heavy atom. The zero-order valence-corrected chi connectivity index (χ0v) is 23.0. The minimum absolute atomic E-state index is 0.152. The Bertz CT molecular complexity index is 1630. The van der Waals surface area contributed by atoms with E-state index >= 15 is 0 Å². The topological polar surface area (TPSA) is 96.2 Å². The van der Waals surface area contributed by atoms with Gasteiger partial charge in [0, 0.05) is 38.3 Å². The van der Waals surface area contributed by atoms with Crippen molar-refractivity contribution in [2.24, 2.45) is 0 Å². The summed E-state index contributed by atoms with van der Waals surface area (Å²) in [5, 5.41) is 8.29. The van der Waals surface area contributed by atoms with Gasteiger partial charge in [0.2, 0.25) is 5.91 Å². The number of likely N-dealkylation sites (N-methyl/N-ethyl adjacent to an activating group) is 1. The highest BCUT2D eigenvalue weighted by Crippen LogP contribution is 2.36. The van der Waals surface area contributed by atoms with Crippen molar-refractivity contribution in [2.45, 2.75) is 39.5 Å². The van der Waals surface area contributed by atoms with E-state index in [2.05, 4.69) is 20.4 Å². The second-order valence-corrected chi connectivity index (χ2v) is 9.74. The van der Waals surface area contributed by atoms with Gasteiger partial charge in [-0.25, -0.2) is 14.6 Å². The highest BCUT2D eigenvalue weighted by molar-refractivity contribution is 5.92. The molecule has 1 N–H and O–H groups in total. The second kappa shape index (κ2) is 10.9. The minimum atomic E-state index is -4.45. The third kappa shape index (κ3) is 5.90. The molecule has 9 nitrogen and oxygen atoms in total. The summed E-state index contributed by atoms with van der Waals surface area (Å²) >= 11 is 0. The molecule has 2 heterocycles. The average molecular weight is 554 g/mol. The zero-order valence-electron chi connectivity index (χ0n) is 23.0. The number of aromatic nitrogens is 4. The van der Waals surface area contributed by atoms with Crippen molar-refractivity contribution in [1.29, 1.82) is 0 Å². The van der Waals surface area contributed by atoms with Gasteiger partial charge in [-0.05, 0) is 62.2 Å². The van der Waals surface area contributed by atoms with Crippen molar-refractivity contribution in [1.82, 2.24) is 24.6 Å². The fourth-order valence-electron chi connectivity index (χ4n) is 4.40. The van der Waals surface area contributed by atoms with Crippen LogP contribution in [-0.2, 0) is 17.5 Å². The van der Waals surface area contributed by atoms with E-state index in [-0.39, 0.29) is 18.0 Å². The monoisotopic (exact) mass is 553 g/mol. The molecule has 4 aromatic rings. The van der Waals surface area contributed by atoms with Crippen molar-refractivity contribution in [3.8, 4) is 0 Å². The number of benzene rings is 2. The highest BCUT2D eigenvalue weighted by atomic mass is 19.4. The Kier molecular flexibility index (Phi) is 7.81. The Morgan fingerprint density at radius 2 is 1.77 bits per heavy atom. The van der Waals surface area contributed by atoms with Gasteiger partial charge in [-0.3, -0.25) is 9.59 Å². The van der Waals surface area contributed by atoms with Crippen LogP contribution < -0.4 is 15.8 Å². The zero-order chi connectivity index (χ0) is 29.4. The molecule has 0 fully saturated rings. The molecule has 1 amide bonds.